The van der Waals surface area contributed by atoms with Gasteiger partial charge in [-0.3, -0.25) is 9.69 Å². The number of amides is 2. The summed E-state index contributed by atoms with van der Waals surface area (Å²) in [7, 11) is 0. The SMILES string of the molecule is O=C(COc1cccc(C(NC(=O)O[C@H]2CN3CCC2CC3)c2ccccc2)c1)Nc1cccc(CO)c1. The largest absolute Gasteiger partial charge is 0.484 e. The number of anilines is 1. The predicted molar refractivity (Wildman–Crippen MR) is 144 cm³/mol. The molecule has 8 heteroatoms. The summed E-state index contributed by atoms with van der Waals surface area (Å²) in [5.41, 5.74) is 3.03. The van der Waals surface area contributed by atoms with E-state index in [1.165, 1.54) is 0 Å². The third kappa shape index (κ3) is 6.51. The lowest BCUT2D eigenvalue weighted by Crippen LogP contribution is -2.52. The van der Waals surface area contributed by atoms with E-state index in [9.17, 15) is 14.7 Å². The van der Waals surface area contributed by atoms with E-state index in [0.29, 0.717) is 22.9 Å². The van der Waals surface area contributed by atoms with Crippen molar-refractivity contribution in [3.8, 4) is 5.75 Å². The molecule has 2 amide bonds. The molecular formula is C30H33N3O5. The third-order valence-electron chi connectivity index (χ3n) is 7.20. The second-order valence-electron chi connectivity index (χ2n) is 9.84. The summed E-state index contributed by atoms with van der Waals surface area (Å²) in [4.78, 5) is 27.8. The standard InChI is InChI=1S/C30H33N3O5/c34-19-21-6-4-10-25(16-21)31-28(35)20-37-26-11-5-9-24(17-26)29(23-7-2-1-3-8-23)32-30(36)38-27-18-33-14-12-22(27)13-15-33/h1-11,16-17,22,27,29,34H,12-15,18-20H2,(H,31,35)(H,32,36)/t27-,29?/m0/s1. The fraction of sp³-hybridized carbons (Fsp3) is 0.333. The van der Waals surface area contributed by atoms with Gasteiger partial charge in [0.25, 0.3) is 5.91 Å². The summed E-state index contributed by atoms with van der Waals surface area (Å²) >= 11 is 0. The maximum atomic E-state index is 13.0. The third-order valence-corrected chi connectivity index (χ3v) is 7.20. The van der Waals surface area contributed by atoms with Gasteiger partial charge in [-0.15, -0.1) is 0 Å². The number of carbonyl (C=O) groups excluding carboxylic acids is 2. The molecule has 0 aliphatic carbocycles. The maximum absolute atomic E-state index is 13.0. The van der Waals surface area contributed by atoms with Gasteiger partial charge in [0.05, 0.1) is 12.6 Å². The molecule has 198 valence electrons. The van der Waals surface area contributed by atoms with E-state index in [4.69, 9.17) is 9.47 Å². The molecule has 3 heterocycles. The lowest BCUT2D eigenvalue weighted by atomic mass is 9.86. The molecule has 3 aliphatic rings. The van der Waals surface area contributed by atoms with Crippen LogP contribution in [0, 0.1) is 5.92 Å². The number of hydrogen-bond donors (Lipinski definition) is 3. The van der Waals surface area contributed by atoms with Gasteiger partial charge in [-0.05, 0) is 72.8 Å². The van der Waals surface area contributed by atoms with Gasteiger partial charge in [0, 0.05) is 12.2 Å². The molecule has 8 nitrogen and oxygen atoms in total. The van der Waals surface area contributed by atoms with Crippen molar-refractivity contribution in [2.24, 2.45) is 5.92 Å². The number of rotatable bonds is 9. The average Bonchev–Trinajstić information content (AvgIpc) is 2.96. The second kappa shape index (κ2) is 12.1. The molecule has 0 aromatic heterocycles. The molecule has 3 saturated heterocycles. The Balaban J connectivity index is 1.24. The van der Waals surface area contributed by atoms with Crippen molar-refractivity contribution >= 4 is 17.7 Å². The average molecular weight is 516 g/mol. The van der Waals surface area contributed by atoms with Gasteiger partial charge in [0.2, 0.25) is 0 Å². The summed E-state index contributed by atoms with van der Waals surface area (Å²) in [6, 6.07) is 23.6. The van der Waals surface area contributed by atoms with Gasteiger partial charge in [-0.1, -0.05) is 54.6 Å². The van der Waals surface area contributed by atoms with Crippen LogP contribution in [0.5, 0.6) is 5.75 Å². The number of fused-ring (bicyclic) bond motifs is 3. The van der Waals surface area contributed by atoms with Crippen LogP contribution in [0.15, 0.2) is 78.9 Å². The zero-order valence-corrected chi connectivity index (χ0v) is 21.2. The highest BCUT2D eigenvalue weighted by Gasteiger charge is 2.36. The van der Waals surface area contributed by atoms with Gasteiger partial charge < -0.3 is 25.2 Å². The lowest BCUT2D eigenvalue weighted by molar-refractivity contribution is -0.118. The number of ether oxygens (including phenoxy) is 2. The molecule has 3 fully saturated rings. The van der Waals surface area contributed by atoms with Crippen molar-refractivity contribution in [2.75, 3.05) is 31.6 Å². The minimum atomic E-state index is -0.441. The maximum Gasteiger partial charge on any atom is 0.408 e. The van der Waals surface area contributed by atoms with Crippen LogP contribution in [0.4, 0.5) is 10.5 Å². The van der Waals surface area contributed by atoms with Crippen molar-refractivity contribution in [1.82, 2.24) is 10.2 Å². The highest BCUT2D eigenvalue weighted by atomic mass is 16.6. The van der Waals surface area contributed by atoms with Crippen LogP contribution in [0.3, 0.4) is 0 Å². The number of nitrogens with one attached hydrogen (secondary N) is 2. The van der Waals surface area contributed by atoms with Crippen LogP contribution >= 0.6 is 0 Å². The summed E-state index contributed by atoms with van der Waals surface area (Å²) in [5.74, 6) is 0.620. The normalized spacial score (nSPS) is 20.8. The molecule has 0 spiro atoms. The molecule has 6 rings (SSSR count). The fourth-order valence-corrected chi connectivity index (χ4v) is 5.22. The smallest absolute Gasteiger partial charge is 0.408 e. The Bertz CT molecular complexity index is 1240. The van der Waals surface area contributed by atoms with E-state index in [1.807, 2.05) is 48.5 Å². The molecule has 38 heavy (non-hydrogen) atoms. The van der Waals surface area contributed by atoms with Crippen molar-refractivity contribution in [3.63, 3.8) is 0 Å². The number of piperidine rings is 3. The first kappa shape index (κ1) is 25.8. The van der Waals surface area contributed by atoms with Gasteiger partial charge in [0.15, 0.2) is 6.61 Å². The molecule has 3 aromatic rings. The van der Waals surface area contributed by atoms with Crippen LogP contribution in [-0.4, -0.2) is 54.4 Å². The van der Waals surface area contributed by atoms with Crippen molar-refractivity contribution in [2.45, 2.75) is 31.6 Å². The van der Waals surface area contributed by atoms with E-state index in [0.717, 1.165) is 43.6 Å². The van der Waals surface area contributed by atoms with Gasteiger partial charge in [0.1, 0.15) is 11.9 Å². The van der Waals surface area contributed by atoms with Crippen molar-refractivity contribution < 1.29 is 24.2 Å². The highest BCUT2D eigenvalue weighted by Crippen LogP contribution is 2.30. The van der Waals surface area contributed by atoms with Crippen LogP contribution < -0.4 is 15.4 Å². The summed E-state index contributed by atoms with van der Waals surface area (Å²) in [6.07, 6.45) is 1.62. The zero-order chi connectivity index (χ0) is 26.3. The number of aliphatic hydroxyl groups excluding tert-OH is 1. The van der Waals surface area contributed by atoms with Crippen LogP contribution in [0.1, 0.15) is 35.6 Å². The second-order valence-corrected chi connectivity index (χ2v) is 9.84. The molecule has 2 bridgehead atoms. The Morgan fingerprint density at radius 2 is 1.71 bits per heavy atom. The number of carbonyl (C=O) groups is 2. The summed E-state index contributed by atoms with van der Waals surface area (Å²) < 4.78 is 11.7. The molecule has 0 saturated carbocycles. The molecule has 3 aromatic carbocycles. The van der Waals surface area contributed by atoms with Crippen molar-refractivity contribution in [3.05, 3.63) is 95.6 Å². The summed E-state index contributed by atoms with van der Waals surface area (Å²) in [6.45, 7) is 2.68. The molecule has 2 atom stereocenters. The van der Waals surface area contributed by atoms with E-state index in [1.54, 1.807) is 30.3 Å². The van der Waals surface area contributed by atoms with Crippen molar-refractivity contribution in [1.29, 1.82) is 0 Å². The summed E-state index contributed by atoms with van der Waals surface area (Å²) in [5, 5.41) is 15.1. The first-order valence-corrected chi connectivity index (χ1v) is 13.0. The predicted octanol–water partition coefficient (Wildman–Crippen LogP) is 4.11. The molecule has 0 radical (unpaired) electrons. The van der Waals surface area contributed by atoms with E-state index < -0.39 is 12.1 Å². The van der Waals surface area contributed by atoms with Crippen LogP contribution in [0.2, 0.25) is 0 Å². The number of nitrogens with zero attached hydrogens (tertiary/aromatic N) is 1. The molecule has 3 aliphatic heterocycles. The topological polar surface area (TPSA) is 100 Å². The number of hydrogen-bond acceptors (Lipinski definition) is 6. The first-order valence-electron chi connectivity index (χ1n) is 13.0. The quantitative estimate of drug-likeness (QED) is 0.397. The van der Waals surface area contributed by atoms with E-state index in [-0.39, 0.29) is 25.2 Å². The highest BCUT2D eigenvalue weighted by molar-refractivity contribution is 5.91. The van der Waals surface area contributed by atoms with Gasteiger partial charge in [-0.25, -0.2) is 4.79 Å². The van der Waals surface area contributed by atoms with Gasteiger partial charge >= 0.3 is 6.09 Å². The molecular weight excluding hydrogens is 482 g/mol. The Kier molecular flexibility index (Phi) is 8.21. The number of alkyl carbamates (subject to hydrolysis) is 1. The fourth-order valence-electron chi connectivity index (χ4n) is 5.22. The monoisotopic (exact) mass is 515 g/mol. The molecule has 3 N–H and O–H groups in total. The first-order chi connectivity index (χ1) is 18.6. The van der Waals surface area contributed by atoms with Gasteiger partial charge in [-0.2, -0.15) is 0 Å². The molecule has 1 unspecified atom stereocenters. The lowest BCUT2D eigenvalue weighted by Gasteiger charge is -2.43. The van der Waals surface area contributed by atoms with Crippen LogP contribution in [-0.2, 0) is 16.1 Å². The minimum absolute atomic E-state index is 0.0832. The number of benzene rings is 3. The Hall–Kier alpha value is -3.88. The van der Waals surface area contributed by atoms with E-state index in [2.05, 4.69) is 15.5 Å². The van der Waals surface area contributed by atoms with E-state index >= 15 is 0 Å². The minimum Gasteiger partial charge on any atom is -0.484 e. The Morgan fingerprint density at radius 1 is 0.947 bits per heavy atom. The number of aliphatic hydroxyl groups is 1. The Morgan fingerprint density at radius 3 is 2.45 bits per heavy atom. The Labute approximate surface area is 222 Å². The van der Waals surface area contributed by atoms with Crippen LogP contribution in [0.25, 0.3) is 0 Å². The zero-order valence-electron chi connectivity index (χ0n) is 21.2.